The number of aliphatic hydroxyl groups excluding tert-OH is 1. The van der Waals surface area contributed by atoms with Crippen molar-refractivity contribution in [2.75, 3.05) is 39.6 Å². The fourth-order valence-electron chi connectivity index (χ4n) is 10.2. The summed E-state index contributed by atoms with van der Waals surface area (Å²) in [6.07, 6.45) is 74.0. The van der Waals surface area contributed by atoms with E-state index in [0.29, 0.717) is 25.7 Å². The molecule has 98 heavy (non-hydrogen) atoms. The third-order valence-electron chi connectivity index (χ3n) is 16.0. The number of hydrogen-bond acceptors (Lipinski definition) is 15. The Morgan fingerprint density at radius 2 is 0.531 bits per heavy atom. The predicted octanol–water partition coefficient (Wildman–Crippen LogP) is 22.0. The van der Waals surface area contributed by atoms with Gasteiger partial charge in [-0.1, -0.05) is 273 Å². The summed E-state index contributed by atoms with van der Waals surface area (Å²) in [5, 5.41) is 10.6. The predicted molar refractivity (Wildman–Crippen MR) is 399 cm³/mol. The summed E-state index contributed by atoms with van der Waals surface area (Å²) < 4.78 is 68.4. The molecule has 0 saturated carbocycles. The molecule has 0 aromatic carbocycles. The van der Waals surface area contributed by atoms with Crippen LogP contribution in [0.15, 0.2) is 97.2 Å². The Labute approximate surface area is 595 Å². The van der Waals surface area contributed by atoms with Crippen LogP contribution in [-0.4, -0.2) is 96.7 Å². The zero-order valence-electron chi connectivity index (χ0n) is 61.7. The Hall–Kier alpha value is -4.02. The van der Waals surface area contributed by atoms with E-state index in [0.717, 1.165) is 167 Å². The maximum atomic E-state index is 13.1. The number of carbonyl (C=O) groups is 4. The number of hydrogen-bond donors (Lipinski definition) is 3. The van der Waals surface area contributed by atoms with Crippen molar-refractivity contribution >= 4 is 39.5 Å². The van der Waals surface area contributed by atoms with E-state index in [1.807, 2.05) is 0 Å². The molecule has 0 aliphatic rings. The maximum absolute atomic E-state index is 13.1. The van der Waals surface area contributed by atoms with E-state index in [2.05, 4.69) is 125 Å². The molecule has 5 unspecified atom stereocenters. The lowest BCUT2D eigenvalue weighted by Crippen LogP contribution is -2.30. The topological polar surface area (TPSA) is 237 Å². The van der Waals surface area contributed by atoms with E-state index in [9.17, 15) is 43.2 Å². The SMILES string of the molecule is CC/C=C\C/C=C\C/C=C\C/C=C\CCCCCCC(=O)OCC(COP(=O)(O)OCC(O)COP(=O)(O)OCC(COC(=O)CCCCCCC/C=C\C/C=C\C/C=C\CC)OC(=O)CCCCCCC/C=C\CCCCCCCC)OC(=O)CCCCCCCCCCCCC. The van der Waals surface area contributed by atoms with Crippen molar-refractivity contribution in [3.05, 3.63) is 97.2 Å². The second kappa shape index (κ2) is 71.4. The smallest absolute Gasteiger partial charge is 0.462 e. The van der Waals surface area contributed by atoms with Crippen molar-refractivity contribution in [3.63, 3.8) is 0 Å². The third kappa shape index (κ3) is 70.4. The molecule has 19 heteroatoms. The monoisotopic (exact) mass is 1420 g/mol. The summed E-state index contributed by atoms with van der Waals surface area (Å²) in [4.78, 5) is 72.8. The lowest BCUT2D eigenvalue weighted by atomic mass is 10.1. The van der Waals surface area contributed by atoms with Crippen LogP contribution in [0.25, 0.3) is 0 Å². The Bertz CT molecular complexity index is 2240. The Kier molecular flexibility index (Phi) is 68.4. The summed E-state index contributed by atoms with van der Waals surface area (Å²) in [7, 11) is -9.95. The number of phosphoric ester groups is 2. The molecule has 0 spiro atoms. The molecule has 0 heterocycles. The average Bonchev–Trinajstić information content (AvgIpc) is 0.986. The lowest BCUT2D eigenvalue weighted by Gasteiger charge is -2.21. The van der Waals surface area contributed by atoms with Gasteiger partial charge in [0.1, 0.15) is 19.3 Å². The highest BCUT2D eigenvalue weighted by molar-refractivity contribution is 7.47. The molecule has 17 nitrogen and oxygen atoms in total. The summed E-state index contributed by atoms with van der Waals surface area (Å²) >= 11 is 0. The van der Waals surface area contributed by atoms with Crippen molar-refractivity contribution < 1.29 is 80.2 Å². The lowest BCUT2D eigenvalue weighted by molar-refractivity contribution is -0.161. The molecule has 0 radical (unpaired) electrons. The Morgan fingerprint density at radius 1 is 0.296 bits per heavy atom. The van der Waals surface area contributed by atoms with E-state index < -0.39 is 97.5 Å². The van der Waals surface area contributed by atoms with Crippen molar-refractivity contribution in [1.29, 1.82) is 0 Å². The number of aliphatic hydroxyl groups is 1. The van der Waals surface area contributed by atoms with Gasteiger partial charge in [-0.2, -0.15) is 0 Å². The van der Waals surface area contributed by atoms with E-state index in [1.54, 1.807) is 0 Å². The van der Waals surface area contributed by atoms with Crippen LogP contribution >= 0.6 is 15.6 Å². The average molecular weight is 1420 g/mol. The quantitative estimate of drug-likeness (QED) is 0.0169. The molecule has 566 valence electrons. The molecule has 0 amide bonds. The van der Waals surface area contributed by atoms with Gasteiger partial charge in [0.25, 0.3) is 0 Å². The number of phosphoric acid groups is 2. The van der Waals surface area contributed by atoms with Crippen molar-refractivity contribution in [3.8, 4) is 0 Å². The number of allylic oxidation sites excluding steroid dienone is 16. The van der Waals surface area contributed by atoms with Crippen molar-refractivity contribution in [2.24, 2.45) is 0 Å². The first kappa shape index (κ1) is 94.0. The summed E-state index contributed by atoms with van der Waals surface area (Å²) in [5.74, 6) is -2.21. The highest BCUT2D eigenvalue weighted by Gasteiger charge is 2.30. The van der Waals surface area contributed by atoms with E-state index in [4.69, 9.17) is 37.0 Å². The van der Waals surface area contributed by atoms with Gasteiger partial charge < -0.3 is 33.8 Å². The molecule has 3 N–H and O–H groups in total. The van der Waals surface area contributed by atoms with E-state index >= 15 is 0 Å². The zero-order valence-corrected chi connectivity index (χ0v) is 63.5. The first-order valence-corrected chi connectivity index (χ1v) is 41.5. The van der Waals surface area contributed by atoms with Crippen LogP contribution in [0.4, 0.5) is 0 Å². The molecule has 0 saturated heterocycles. The zero-order chi connectivity index (χ0) is 71.8. The van der Waals surface area contributed by atoms with Gasteiger partial charge in [0.05, 0.1) is 26.4 Å². The van der Waals surface area contributed by atoms with Gasteiger partial charge >= 0.3 is 39.5 Å². The van der Waals surface area contributed by atoms with Crippen LogP contribution in [-0.2, 0) is 65.4 Å². The highest BCUT2D eigenvalue weighted by Crippen LogP contribution is 2.45. The van der Waals surface area contributed by atoms with Crippen LogP contribution in [0, 0.1) is 0 Å². The minimum absolute atomic E-state index is 0.0817. The Morgan fingerprint density at radius 3 is 0.827 bits per heavy atom. The number of rotatable bonds is 72. The summed E-state index contributed by atoms with van der Waals surface area (Å²) in [6.45, 7) is 4.61. The van der Waals surface area contributed by atoms with Gasteiger partial charge in [-0.15, -0.1) is 0 Å². The van der Waals surface area contributed by atoms with Gasteiger partial charge in [0.2, 0.25) is 0 Å². The maximum Gasteiger partial charge on any atom is 0.472 e. The largest absolute Gasteiger partial charge is 0.472 e. The molecular weight excluding hydrogens is 1280 g/mol. The molecule has 0 aromatic heterocycles. The van der Waals surface area contributed by atoms with Gasteiger partial charge in [0.15, 0.2) is 12.2 Å². The minimum Gasteiger partial charge on any atom is -0.462 e. The van der Waals surface area contributed by atoms with E-state index in [1.165, 1.54) is 77.0 Å². The first-order valence-electron chi connectivity index (χ1n) is 38.5. The van der Waals surface area contributed by atoms with Crippen LogP contribution in [0.5, 0.6) is 0 Å². The number of ether oxygens (including phenoxy) is 4. The standard InChI is InChI=1S/C79H138O17P2/c1-5-9-13-17-21-25-29-32-35-36-39-41-45-48-52-56-60-64-77(82)89-69-74(95-78(83)65-61-57-53-49-43-28-24-20-16-12-8-4)71-93-97(85,86)91-67-73(80)68-92-98(87,88)94-72-75(96-79(84)66-62-58-54-50-46-42-38-34-31-27-23-19-15-11-7-3)70-90-76(81)63-59-55-51-47-44-40-37-33-30-26-22-18-14-10-6-2/h9-10,13-14,21-22,25-26,32-35,37-39,41,73-75,80H,5-8,11-12,15-20,23-24,27-31,36,40,42-72H2,1-4H3,(H,85,86)(H,87,88)/b13-9-,14-10-,25-21-,26-22-,35-32-,37-33-,38-34-,41-39-. The van der Waals surface area contributed by atoms with Crippen LogP contribution < -0.4 is 0 Å². The van der Waals surface area contributed by atoms with Gasteiger partial charge in [-0.05, 0) is 122 Å². The molecule has 0 fully saturated rings. The minimum atomic E-state index is -4.98. The van der Waals surface area contributed by atoms with Crippen LogP contribution in [0.1, 0.15) is 323 Å². The highest BCUT2D eigenvalue weighted by atomic mass is 31.2. The van der Waals surface area contributed by atoms with Crippen LogP contribution in [0.2, 0.25) is 0 Å². The van der Waals surface area contributed by atoms with Gasteiger partial charge in [0, 0.05) is 25.7 Å². The fraction of sp³-hybridized carbons (Fsp3) is 0.747. The Balaban J connectivity index is 5.35. The summed E-state index contributed by atoms with van der Waals surface area (Å²) in [6, 6.07) is 0. The fourth-order valence-corrected chi connectivity index (χ4v) is 11.8. The van der Waals surface area contributed by atoms with Crippen LogP contribution in [0.3, 0.4) is 0 Å². The molecule has 0 aliphatic carbocycles. The van der Waals surface area contributed by atoms with E-state index in [-0.39, 0.29) is 25.7 Å². The number of carbonyl (C=O) groups excluding carboxylic acids is 4. The number of esters is 4. The van der Waals surface area contributed by atoms with Crippen molar-refractivity contribution in [1.82, 2.24) is 0 Å². The first-order chi connectivity index (χ1) is 47.7. The van der Waals surface area contributed by atoms with Crippen molar-refractivity contribution in [2.45, 2.75) is 341 Å². The van der Waals surface area contributed by atoms with Gasteiger partial charge in [-0.25, -0.2) is 9.13 Å². The molecule has 0 aliphatic heterocycles. The van der Waals surface area contributed by atoms with Gasteiger partial charge in [-0.3, -0.25) is 37.3 Å². The summed E-state index contributed by atoms with van der Waals surface area (Å²) in [5.41, 5.74) is 0. The molecule has 5 atom stereocenters. The second-order valence-electron chi connectivity index (χ2n) is 25.5. The molecule has 0 rings (SSSR count). The molecule has 0 bridgehead atoms. The molecular formula is C79H138O17P2. The number of unbranched alkanes of at least 4 members (excludes halogenated alkanes) is 30. The molecule has 0 aromatic rings. The second-order valence-corrected chi connectivity index (χ2v) is 28.4. The normalized spacial score (nSPS) is 14.5. The third-order valence-corrected chi connectivity index (χ3v) is 17.9.